The molecular weight excluding hydrogens is 886 g/mol. The number of hydrogen-bond donors (Lipinski definition) is 5. The first-order valence-electron chi connectivity index (χ1n) is 18.3. The average molecular weight is 931 g/mol. The van der Waals surface area contributed by atoms with Crippen molar-refractivity contribution in [1.29, 1.82) is 0 Å². The zero-order valence-electron chi connectivity index (χ0n) is 32.2. The highest BCUT2D eigenvalue weighted by atomic mass is 35.5. The summed E-state index contributed by atoms with van der Waals surface area (Å²) in [4.78, 5) is 55.5. The van der Waals surface area contributed by atoms with Crippen molar-refractivity contribution in [3.05, 3.63) is 184 Å². The summed E-state index contributed by atoms with van der Waals surface area (Å²) in [5.41, 5.74) is 7.21. The minimum absolute atomic E-state index is 0. The number of benzene rings is 2. The Labute approximate surface area is 376 Å². The monoisotopic (exact) mass is 928 g/mol. The second kappa shape index (κ2) is 25.5. The summed E-state index contributed by atoms with van der Waals surface area (Å²) in [6, 6.07) is 24.8. The summed E-state index contributed by atoms with van der Waals surface area (Å²) in [7, 11) is 0. The van der Waals surface area contributed by atoms with Gasteiger partial charge in [-0.2, -0.15) is 9.46 Å². The van der Waals surface area contributed by atoms with E-state index in [-0.39, 0.29) is 48.4 Å². The Morgan fingerprint density at radius 3 is 1.60 bits per heavy atom. The van der Waals surface area contributed by atoms with E-state index < -0.39 is 23.6 Å². The van der Waals surface area contributed by atoms with Crippen LogP contribution in [0, 0.1) is 10.4 Å². The summed E-state index contributed by atoms with van der Waals surface area (Å²) >= 11 is 23.4. The molecule has 4 heterocycles. The van der Waals surface area contributed by atoms with Gasteiger partial charge < -0.3 is 37.2 Å². The number of aliphatic carboxylic acids is 1. The van der Waals surface area contributed by atoms with E-state index in [1.54, 1.807) is 54.6 Å². The zero-order chi connectivity index (χ0) is 44.3. The average Bonchev–Trinajstić information content (AvgIpc) is 3.23. The second-order valence-electron chi connectivity index (χ2n) is 12.7. The highest BCUT2D eigenvalue weighted by Gasteiger charge is 2.14. The third-order valence-corrected chi connectivity index (χ3v) is 9.34. The largest absolute Gasteiger partial charge is 0.619 e. The van der Waals surface area contributed by atoms with Crippen LogP contribution >= 0.6 is 46.4 Å². The van der Waals surface area contributed by atoms with Gasteiger partial charge in [0.2, 0.25) is 5.91 Å². The first kappa shape index (κ1) is 50.1. The van der Waals surface area contributed by atoms with E-state index >= 15 is 0 Å². The van der Waals surface area contributed by atoms with Gasteiger partial charge in [0, 0.05) is 60.5 Å². The fraction of sp³-hybridized carbons (Fsp3) is 0.220. The molecule has 0 saturated heterocycles. The number of pyridine rings is 2. The van der Waals surface area contributed by atoms with E-state index in [2.05, 4.69) is 25.9 Å². The van der Waals surface area contributed by atoms with Crippen LogP contribution in [0.1, 0.15) is 29.9 Å². The Balaban J connectivity index is 0.000000279. The maximum Gasteiger partial charge on any atom is 0.323 e. The third kappa shape index (κ3) is 16.0. The number of nitrogens with zero attached hydrogens (tertiary/aromatic N) is 6. The molecule has 0 aliphatic rings. The number of nitrogens with two attached hydrogens (primary N) is 1. The zero-order valence-corrected chi connectivity index (χ0v) is 35.2. The SMILES string of the molecule is C.NCc1cccc(Cl)c1.O=C(Cn1c(Cl)cnc(NCCc2cccc[n+]2[O-])c1=O)NCc1cccc(Cl)c1.O=C(O)Cn1c(Cl)cnc(NCCc2cccc[n+]2[O-])c1=O. The summed E-state index contributed by atoms with van der Waals surface area (Å²) in [6.07, 6.45) is 6.07. The fourth-order valence-electron chi connectivity index (χ4n) is 5.25. The van der Waals surface area contributed by atoms with E-state index in [0.717, 1.165) is 34.7 Å². The molecule has 0 fully saturated rings. The quantitative estimate of drug-likeness (QED) is 0.0686. The number of carbonyl (C=O) groups is 2. The van der Waals surface area contributed by atoms with Crippen molar-refractivity contribution in [2.24, 2.45) is 5.73 Å². The predicted molar refractivity (Wildman–Crippen MR) is 239 cm³/mol. The molecule has 0 spiro atoms. The van der Waals surface area contributed by atoms with Crippen molar-refractivity contribution in [3.63, 3.8) is 0 Å². The molecule has 328 valence electrons. The van der Waals surface area contributed by atoms with Gasteiger partial charge in [-0.1, -0.05) is 90.2 Å². The van der Waals surface area contributed by atoms with E-state index in [9.17, 15) is 29.6 Å². The van der Waals surface area contributed by atoms with Crippen LogP contribution in [0.25, 0.3) is 0 Å². The Hall–Kier alpha value is -6.24. The van der Waals surface area contributed by atoms with Gasteiger partial charge in [-0.3, -0.25) is 28.3 Å². The highest BCUT2D eigenvalue weighted by Crippen LogP contribution is 2.12. The number of amides is 1. The summed E-state index contributed by atoms with van der Waals surface area (Å²) < 4.78 is 3.52. The molecule has 6 rings (SSSR count). The summed E-state index contributed by atoms with van der Waals surface area (Å²) in [6.45, 7) is 0.637. The van der Waals surface area contributed by atoms with Crippen molar-refractivity contribution in [1.82, 2.24) is 24.4 Å². The molecule has 0 aliphatic carbocycles. The predicted octanol–water partition coefficient (Wildman–Crippen LogP) is 4.86. The van der Waals surface area contributed by atoms with Gasteiger partial charge in [0.25, 0.3) is 11.1 Å². The normalized spacial score (nSPS) is 10.2. The Morgan fingerprint density at radius 2 is 1.16 bits per heavy atom. The van der Waals surface area contributed by atoms with Crippen LogP contribution in [0.15, 0.2) is 119 Å². The molecule has 17 nitrogen and oxygen atoms in total. The molecule has 0 bridgehead atoms. The lowest BCUT2D eigenvalue weighted by Gasteiger charge is -2.12. The van der Waals surface area contributed by atoms with Crippen LogP contribution in [0.2, 0.25) is 20.4 Å². The lowest BCUT2D eigenvalue weighted by atomic mass is 10.2. The standard InChI is InChI=1S/C20H19Cl2N5O3.C13H13ClN4O4.C7H8ClN.CH4/c21-15-5-3-4-14(10-15)11-24-18(28)13-26-17(22)12-25-19(20(26)29)23-8-7-16-6-1-2-9-27(16)30;14-10-7-16-12(13(21)17(10)8-11(19)20)15-5-4-9-3-1-2-6-18(9)22;8-7-3-1-2-6(4-7)5-9;/h1-6,9-10,12H,7-8,11,13H2,(H,23,25)(H,24,28);1-3,6-7H,4-5,8H2,(H,15,16)(H,19,20);1-4H,5,9H2;1H4. The number of carboxylic acid groups (broad SMARTS) is 1. The fourth-order valence-corrected chi connectivity index (χ4v) is 6.05. The maximum absolute atomic E-state index is 12.6. The van der Waals surface area contributed by atoms with Gasteiger partial charge in [-0.05, 0) is 35.4 Å². The molecule has 1 amide bonds. The molecule has 0 aliphatic heterocycles. The van der Waals surface area contributed by atoms with Crippen molar-refractivity contribution < 1.29 is 24.2 Å². The van der Waals surface area contributed by atoms with Crippen molar-refractivity contribution in [3.8, 4) is 0 Å². The molecule has 0 atom stereocenters. The first-order chi connectivity index (χ1) is 29.2. The van der Waals surface area contributed by atoms with Crippen LogP contribution < -0.4 is 42.3 Å². The van der Waals surface area contributed by atoms with E-state index in [4.69, 9.17) is 57.2 Å². The molecule has 0 saturated carbocycles. The molecule has 62 heavy (non-hydrogen) atoms. The molecule has 6 N–H and O–H groups in total. The number of aromatic nitrogens is 6. The van der Waals surface area contributed by atoms with Gasteiger partial charge in [-0.25, -0.2) is 9.97 Å². The Kier molecular flexibility index (Phi) is 20.6. The van der Waals surface area contributed by atoms with Gasteiger partial charge >= 0.3 is 5.97 Å². The highest BCUT2D eigenvalue weighted by molar-refractivity contribution is 6.31. The molecule has 0 unspecified atom stereocenters. The molecule has 0 radical (unpaired) electrons. The molecule has 21 heteroatoms. The number of anilines is 2. The minimum Gasteiger partial charge on any atom is -0.619 e. The number of halogens is 4. The number of rotatable bonds is 15. The number of carbonyl (C=O) groups excluding carboxylic acids is 1. The molecular formula is C41H44Cl4N10O7. The van der Waals surface area contributed by atoms with Crippen LogP contribution in [-0.2, 0) is 48.6 Å². The first-order valence-corrected chi connectivity index (χ1v) is 19.8. The van der Waals surface area contributed by atoms with Crippen LogP contribution in [0.4, 0.5) is 11.6 Å². The lowest BCUT2D eigenvalue weighted by molar-refractivity contribution is -0.614. The molecule has 2 aromatic carbocycles. The van der Waals surface area contributed by atoms with Gasteiger partial charge in [0.1, 0.15) is 23.4 Å². The third-order valence-electron chi connectivity index (χ3n) is 8.27. The Bertz CT molecular complexity index is 2540. The lowest BCUT2D eigenvalue weighted by Crippen LogP contribution is -2.34. The van der Waals surface area contributed by atoms with Crippen LogP contribution in [0.3, 0.4) is 0 Å². The maximum atomic E-state index is 12.6. The Morgan fingerprint density at radius 1 is 0.694 bits per heavy atom. The van der Waals surface area contributed by atoms with Gasteiger partial charge in [-0.15, -0.1) is 0 Å². The van der Waals surface area contributed by atoms with Crippen LogP contribution in [0.5, 0.6) is 0 Å². The molecule has 4 aromatic heterocycles. The van der Waals surface area contributed by atoms with E-state index in [1.807, 2.05) is 30.3 Å². The summed E-state index contributed by atoms with van der Waals surface area (Å²) in [5.74, 6) is -1.53. The van der Waals surface area contributed by atoms with Crippen molar-refractivity contribution >= 4 is 69.9 Å². The second-order valence-corrected chi connectivity index (χ2v) is 14.3. The van der Waals surface area contributed by atoms with E-state index in [1.165, 1.54) is 24.8 Å². The van der Waals surface area contributed by atoms with Crippen LogP contribution in [-0.4, -0.2) is 49.2 Å². The topological polar surface area (TPSA) is 240 Å². The van der Waals surface area contributed by atoms with Gasteiger partial charge in [0.05, 0.1) is 25.2 Å². The smallest absolute Gasteiger partial charge is 0.323 e. The minimum atomic E-state index is -1.18. The number of carboxylic acids is 1. The van der Waals surface area contributed by atoms with E-state index in [0.29, 0.717) is 48.9 Å². The molecule has 6 aromatic rings. The van der Waals surface area contributed by atoms with Crippen molar-refractivity contribution in [2.45, 2.75) is 46.4 Å². The number of nitrogens with one attached hydrogen (secondary N) is 3. The number of hydrogen-bond acceptors (Lipinski definition) is 11. The van der Waals surface area contributed by atoms with Gasteiger partial charge in [0.15, 0.2) is 35.4 Å². The summed E-state index contributed by atoms with van der Waals surface area (Å²) in [5, 5.41) is 41.6. The van der Waals surface area contributed by atoms with Crippen molar-refractivity contribution in [2.75, 3.05) is 23.7 Å².